The molecule has 0 saturated carbocycles. The van der Waals surface area contributed by atoms with Crippen LogP contribution in [0, 0.1) is 10.1 Å². The number of non-ortho nitro benzene ring substituents is 1. The van der Waals surface area contributed by atoms with E-state index < -0.39 is 41.9 Å². The van der Waals surface area contributed by atoms with Crippen molar-refractivity contribution in [2.24, 2.45) is 0 Å². The molecule has 1 amide bonds. The van der Waals surface area contributed by atoms with E-state index in [1.54, 1.807) is 0 Å². The van der Waals surface area contributed by atoms with E-state index in [1.165, 1.54) is 31.2 Å². The van der Waals surface area contributed by atoms with E-state index in [2.05, 4.69) is 5.32 Å². The van der Waals surface area contributed by atoms with Crippen LogP contribution in [0.25, 0.3) is 0 Å². The Bertz CT molecular complexity index is 923. The fourth-order valence-corrected chi connectivity index (χ4v) is 3.64. The molecule has 10 heteroatoms. The number of nitro groups is 1. The van der Waals surface area contributed by atoms with Gasteiger partial charge in [0.15, 0.2) is 6.29 Å². The van der Waals surface area contributed by atoms with Crippen molar-refractivity contribution in [1.82, 2.24) is 5.32 Å². The summed E-state index contributed by atoms with van der Waals surface area (Å²) in [6, 6.07) is 13.8. The van der Waals surface area contributed by atoms with Crippen molar-refractivity contribution in [3.05, 3.63) is 70.3 Å². The largest absolute Gasteiger partial charge is 0.463 e. The Balaban J connectivity index is 1.52. The van der Waals surface area contributed by atoms with Gasteiger partial charge in [-0.25, -0.2) is 0 Å². The summed E-state index contributed by atoms with van der Waals surface area (Å²) in [6.45, 7) is 1.47. The normalized spacial score (nSPS) is 30.1. The summed E-state index contributed by atoms with van der Waals surface area (Å²) in [5.74, 6) is -0.0912. The van der Waals surface area contributed by atoms with Crippen LogP contribution in [0.15, 0.2) is 54.6 Å². The van der Waals surface area contributed by atoms with Gasteiger partial charge in [-0.2, -0.15) is 0 Å². The number of hydrogen-bond donors (Lipinski definition) is 2. The Labute approximate surface area is 177 Å². The second-order valence-corrected chi connectivity index (χ2v) is 7.31. The lowest BCUT2D eigenvalue weighted by Gasteiger charge is -2.47. The van der Waals surface area contributed by atoms with Gasteiger partial charge in [0.05, 0.1) is 11.5 Å². The molecule has 0 aromatic heterocycles. The molecule has 0 spiro atoms. The first-order valence-electron chi connectivity index (χ1n) is 9.76. The van der Waals surface area contributed by atoms with Crippen molar-refractivity contribution in [3.63, 3.8) is 0 Å². The summed E-state index contributed by atoms with van der Waals surface area (Å²) >= 11 is 0. The summed E-state index contributed by atoms with van der Waals surface area (Å²) < 4.78 is 23.5. The molecule has 31 heavy (non-hydrogen) atoms. The number of rotatable bonds is 5. The molecular weight excluding hydrogens is 408 g/mol. The molecule has 2 N–H and O–H groups in total. The minimum atomic E-state index is -1.14. The van der Waals surface area contributed by atoms with Crippen LogP contribution in [0.4, 0.5) is 5.69 Å². The average molecular weight is 430 g/mol. The summed E-state index contributed by atoms with van der Waals surface area (Å²) in [7, 11) is 0. The number of benzene rings is 2. The SMILES string of the molecule is CC(=O)N[C@H]1[C@@H](Oc2ccc([N+](=O)[O-])cc2)O[C@@H]2CO[C@H](c3ccccc3)O[C@@H]2[C@@H]1O. The van der Waals surface area contributed by atoms with Crippen molar-refractivity contribution < 1.29 is 33.8 Å². The number of nitrogens with zero attached hydrogens (tertiary/aromatic N) is 1. The highest BCUT2D eigenvalue weighted by Crippen LogP contribution is 2.35. The van der Waals surface area contributed by atoms with Crippen LogP contribution in [-0.2, 0) is 19.0 Å². The van der Waals surface area contributed by atoms with Gasteiger partial charge in [-0.15, -0.1) is 0 Å². The molecule has 2 saturated heterocycles. The molecule has 0 aliphatic carbocycles. The number of nitro benzene ring substituents is 1. The Hall–Kier alpha value is -3.05. The molecule has 10 nitrogen and oxygen atoms in total. The summed E-state index contributed by atoms with van der Waals surface area (Å²) in [4.78, 5) is 22.1. The van der Waals surface area contributed by atoms with E-state index in [1.807, 2.05) is 30.3 Å². The first-order chi connectivity index (χ1) is 14.9. The van der Waals surface area contributed by atoms with Crippen molar-refractivity contribution in [3.8, 4) is 5.75 Å². The summed E-state index contributed by atoms with van der Waals surface area (Å²) in [6.07, 6.45) is -4.26. The minimum Gasteiger partial charge on any atom is -0.463 e. The second kappa shape index (κ2) is 8.98. The van der Waals surface area contributed by atoms with E-state index in [4.69, 9.17) is 18.9 Å². The lowest BCUT2D eigenvalue weighted by Crippen LogP contribution is -2.67. The molecule has 2 aromatic carbocycles. The predicted octanol–water partition coefficient (Wildman–Crippen LogP) is 1.68. The smallest absolute Gasteiger partial charge is 0.269 e. The minimum absolute atomic E-state index is 0.0866. The third kappa shape index (κ3) is 4.67. The van der Waals surface area contributed by atoms with E-state index >= 15 is 0 Å². The maximum Gasteiger partial charge on any atom is 0.269 e. The van der Waals surface area contributed by atoms with Crippen molar-refractivity contribution in [1.29, 1.82) is 0 Å². The number of fused-ring (bicyclic) bond motifs is 1. The number of aliphatic hydroxyl groups is 1. The van der Waals surface area contributed by atoms with Crippen LogP contribution in [-0.4, -0.2) is 53.2 Å². The van der Waals surface area contributed by atoms with Crippen LogP contribution >= 0.6 is 0 Å². The molecule has 2 heterocycles. The predicted molar refractivity (Wildman–Crippen MR) is 106 cm³/mol. The van der Waals surface area contributed by atoms with E-state index in [0.717, 1.165) is 5.56 Å². The highest BCUT2D eigenvalue weighted by atomic mass is 16.7. The van der Waals surface area contributed by atoms with E-state index in [9.17, 15) is 20.0 Å². The van der Waals surface area contributed by atoms with Crippen LogP contribution in [0.2, 0.25) is 0 Å². The molecule has 0 bridgehead atoms. The van der Waals surface area contributed by atoms with Crippen LogP contribution in [0.1, 0.15) is 18.8 Å². The summed E-state index contributed by atoms with van der Waals surface area (Å²) in [5, 5.41) is 24.5. The fraction of sp³-hybridized carbons (Fsp3) is 0.381. The van der Waals surface area contributed by atoms with Crippen molar-refractivity contribution >= 4 is 11.6 Å². The fourth-order valence-electron chi connectivity index (χ4n) is 3.64. The standard InChI is InChI=1S/C21H22N2O8/c1-12(24)22-17-18(25)19-16(11-28-20(31-19)13-5-3-2-4-6-13)30-21(17)29-15-9-7-14(8-10-15)23(26)27/h2-10,16-21,25H,11H2,1H3,(H,22,24)/t16-,17-,18-,19+,20+,21+/m1/s1. The lowest BCUT2D eigenvalue weighted by molar-refractivity contribution is -0.384. The van der Waals surface area contributed by atoms with Gasteiger partial charge >= 0.3 is 0 Å². The quantitative estimate of drug-likeness (QED) is 0.541. The Morgan fingerprint density at radius 2 is 1.87 bits per heavy atom. The van der Waals surface area contributed by atoms with Crippen molar-refractivity contribution in [2.75, 3.05) is 6.61 Å². The lowest BCUT2D eigenvalue weighted by atomic mass is 9.95. The maximum absolute atomic E-state index is 11.7. The molecule has 4 rings (SSSR count). The molecule has 2 aliphatic heterocycles. The van der Waals surface area contributed by atoms with Gasteiger partial charge in [0, 0.05) is 24.6 Å². The number of nitrogens with one attached hydrogen (secondary N) is 1. The van der Waals surface area contributed by atoms with Crippen LogP contribution in [0.3, 0.4) is 0 Å². The first-order valence-corrected chi connectivity index (χ1v) is 9.76. The van der Waals surface area contributed by atoms with Crippen molar-refractivity contribution in [2.45, 2.75) is 43.9 Å². The number of amides is 1. The molecule has 2 aromatic rings. The zero-order valence-corrected chi connectivity index (χ0v) is 16.6. The highest BCUT2D eigenvalue weighted by Gasteiger charge is 2.50. The van der Waals surface area contributed by atoms with Gasteiger partial charge in [0.1, 0.15) is 30.1 Å². The monoisotopic (exact) mass is 430 g/mol. The average Bonchev–Trinajstić information content (AvgIpc) is 2.77. The molecule has 2 fully saturated rings. The number of hydrogen-bond acceptors (Lipinski definition) is 8. The molecule has 0 radical (unpaired) electrons. The van der Waals surface area contributed by atoms with Crippen LogP contribution < -0.4 is 10.1 Å². The third-order valence-electron chi connectivity index (χ3n) is 5.11. The van der Waals surface area contributed by atoms with Gasteiger partial charge in [0.25, 0.3) is 5.69 Å². The number of carbonyl (C=O) groups is 1. The number of ether oxygens (including phenoxy) is 4. The van der Waals surface area contributed by atoms with E-state index in [-0.39, 0.29) is 24.0 Å². The second-order valence-electron chi connectivity index (χ2n) is 7.31. The number of carbonyl (C=O) groups excluding carboxylic acids is 1. The Morgan fingerprint density at radius 1 is 1.16 bits per heavy atom. The molecule has 6 atom stereocenters. The third-order valence-corrected chi connectivity index (χ3v) is 5.11. The topological polar surface area (TPSA) is 129 Å². The van der Waals surface area contributed by atoms with Gasteiger partial charge in [-0.05, 0) is 12.1 Å². The highest BCUT2D eigenvalue weighted by molar-refractivity contribution is 5.73. The van der Waals surface area contributed by atoms with Gasteiger partial charge in [0.2, 0.25) is 12.2 Å². The first kappa shape index (κ1) is 21.2. The molecule has 2 aliphatic rings. The Morgan fingerprint density at radius 3 is 2.52 bits per heavy atom. The summed E-state index contributed by atoms with van der Waals surface area (Å²) in [5.41, 5.74) is 0.713. The Kier molecular flexibility index (Phi) is 6.14. The van der Waals surface area contributed by atoms with E-state index in [0.29, 0.717) is 0 Å². The molecule has 0 unspecified atom stereocenters. The molecular formula is C21H22N2O8. The zero-order chi connectivity index (χ0) is 22.0. The maximum atomic E-state index is 11.7. The van der Waals surface area contributed by atoms with Gasteiger partial charge < -0.3 is 29.4 Å². The molecule has 164 valence electrons. The van der Waals surface area contributed by atoms with Gasteiger partial charge in [-0.3, -0.25) is 14.9 Å². The number of aliphatic hydroxyl groups excluding tert-OH is 1. The zero-order valence-electron chi connectivity index (χ0n) is 16.6. The van der Waals surface area contributed by atoms with Gasteiger partial charge in [-0.1, -0.05) is 30.3 Å². The van der Waals surface area contributed by atoms with Crippen LogP contribution in [0.5, 0.6) is 5.75 Å².